The van der Waals surface area contributed by atoms with E-state index in [1.807, 2.05) is 12.1 Å². The molecule has 27 heavy (non-hydrogen) atoms. The van der Waals surface area contributed by atoms with Crippen molar-refractivity contribution >= 4 is 17.7 Å². The highest BCUT2D eigenvalue weighted by atomic mass is 19.1. The summed E-state index contributed by atoms with van der Waals surface area (Å²) in [5, 5.41) is 15.8. The van der Waals surface area contributed by atoms with Crippen molar-refractivity contribution in [3.63, 3.8) is 0 Å². The number of hydrogen-bond donors (Lipinski definition) is 1. The summed E-state index contributed by atoms with van der Waals surface area (Å²) >= 11 is 0. The van der Waals surface area contributed by atoms with Crippen LogP contribution in [0.15, 0.2) is 60.8 Å². The zero-order valence-electron chi connectivity index (χ0n) is 13.9. The Morgan fingerprint density at radius 2 is 1.85 bits per heavy atom. The number of benzene rings is 2. The van der Waals surface area contributed by atoms with Gasteiger partial charge in [-0.15, -0.1) is 0 Å². The predicted molar refractivity (Wildman–Crippen MR) is 93.6 cm³/mol. The third kappa shape index (κ3) is 3.99. The zero-order valence-corrected chi connectivity index (χ0v) is 13.9. The van der Waals surface area contributed by atoms with Crippen molar-refractivity contribution in [1.82, 2.24) is 9.78 Å². The maximum atomic E-state index is 13.6. The van der Waals surface area contributed by atoms with Gasteiger partial charge >= 0.3 is 5.97 Å². The molecule has 7 nitrogen and oxygen atoms in total. The molecule has 0 unspecified atom stereocenters. The Morgan fingerprint density at radius 1 is 1.15 bits per heavy atom. The minimum absolute atomic E-state index is 0.146. The molecule has 0 radical (unpaired) electrons. The van der Waals surface area contributed by atoms with Gasteiger partial charge in [-0.2, -0.15) is 10.4 Å². The summed E-state index contributed by atoms with van der Waals surface area (Å²) in [6.45, 7) is -0.641. The first kappa shape index (κ1) is 17.8. The van der Waals surface area contributed by atoms with E-state index in [9.17, 15) is 19.2 Å². The molecule has 8 heteroatoms. The van der Waals surface area contributed by atoms with Crippen LogP contribution in [-0.2, 0) is 9.53 Å². The largest absolute Gasteiger partial charge is 0.452 e. The number of aromatic nitrogens is 2. The topological polar surface area (TPSA) is 97.0 Å². The molecule has 134 valence electrons. The van der Waals surface area contributed by atoms with E-state index in [2.05, 4.69) is 10.4 Å². The molecule has 0 aliphatic heterocycles. The zero-order chi connectivity index (χ0) is 19.2. The Bertz CT molecular complexity index is 1020. The SMILES string of the molecule is N#Cc1cnn(-c2ccccc2)c1NC(=O)COC(=O)c1ccccc1F. The van der Waals surface area contributed by atoms with Gasteiger partial charge in [-0.25, -0.2) is 13.9 Å². The van der Waals surface area contributed by atoms with E-state index >= 15 is 0 Å². The van der Waals surface area contributed by atoms with Gasteiger partial charge in [0.2, 0.25) is 0 Å². The van der Waals surface area contributed by atoms with Crippen molar-refractivity contribution < 1.29 is 18.7 Å². The first-order valence-corrected chi connectivity index (χ1v) is 7.85. The average Bonchev–Trinajstić information content (AvgIpc) is 3.09. The van der Waals surface area contributed by atoms with Gasteiger partial charge in [-0.1, -0.05) is 30.3 Å². The average molecular weight is 364 g/mol. The van der Waals surface area contributed by atoms with Crippen LogP contribution in [0.25, 0.3) is 5.69 Å². The highest BCUT2D eigenvalue weighted by molar-refractivity contribution is 5.96. The van der Waals surface area contributed by atoms with Gasteiger partial charge in [0.1, 0.15) is 17.4 Å². The maximum absolute atomic E-state index is 13.6. The van der Waals surface area contributed by atoms with Gasteiger partial charge in [0, 0.05) is 0 Å². The lowest BCUT2D eigenvalue weighted by molar-refractivity contribution is -0.119. The van der Waals surface area contributed by atoms with Crippen LogP contribution in [0.3, 0.4) is 0 Å². The number of para-hydroxylation sites is 1. The molecule has 0 aliphatic carbocycles. The summed E-state index contributed by atoms with van der Waals surface area (Å²) < 4.78 is 19.8. The lowest BCUT2D eigenvalue weighted by Crippen LogP contribution is -2.23. The number of anilines is 1. The molecule has 1 N–H and O–H groups in total. The van der Waals surface area contributed by atoms with E-state index in [1.165, 1.54) is 29.1 Å². The summed E-state index contributed by atoms with van der Waals surface area (Å²) in [6.07, 6.45) is 1.31. The fourth-order valence-electron chi connectivity index (χ4n) is 2.32. The van der Waals surface area contributed by atoms with Gasteiger partial charge in [0.25, 0.3) is 5.91 Å². The summed E-state index contributed by atoms with van der Waals surface area (Å²) in [4.78, 5) is 24.0. The third-order valence-electron chi connectivity index (χ3n) is 3.58. The van der Waals surface area contributed by atoms with Gasteiger partial charge < -0.3 is 10.1 Å². The number of rotatable bonds is 5. The molecule has 3 aromatic rings. The van der Waals surface area contributed by atoms with Crippen LogP contribution in [0, 0.1) is 17.1 Å². The fraction of sp³-hybridized carbons (Fsp3) is 0.0526. The fourth-order valence-corrected chi connectivity index (χ4v) is 2.32. The van der Waals surface area contributed by atoms with Crippen molar-refractivity contribution in [2.75, 3.05) is 11.9 Å². The highest BCUT2D eigenvalue weighted by Gasteiger charge is 2.18. The number of ether oxygens (including phenoxy) is 1. The number of hydrogen-bond acceptors (Lipinski definition) is 5. The molecule has 0 saturated heterocycles. The van der Waals surface area contributed by atoms with Crippen LogP contribution in [0.5, 0.6) is 0 Å². The van der Waals surface area contributed by atoms with Crippen molar-refractivity contribution in [2.24, 2.45) is 0 Å². The second-order valence-corrected chi connectivity index (χ2v) is 5.37. The van der Waals surface area contributed by atoms with Gasteiger partial charge in [0.15, 0.2) is 12.4 Å². The Balaban J connectivity index is 1.71. The number of esters is 1. The van der Waals surface area contributed by atoms with Gasteiger partial charge in [0.05, 0.1) is 17.4 Å². The van der Waals surface area contributed by atoms with Crippen LogP contribution in [0.2, 0.25) is 0 Å². The summed E-state index contributed by atoms with van der Waals surface area (Å²) in [5.41, 5.74) is 0.516. The molecule has 0 spiro atoms. The Hall–Kier alpha value is -3.99. The summed E-state index contributed by atoms with van der Waals surface area (Å²) in [7, 11) is 0. The number of nitrogens with zero attached hydrogens (tertiary/aromatic N) is 3. The molecule has 0 fully saturated rings. The van der Waals surface area contributed by atoms with E-state index in [0.717, 1.165) is 6.07 Å². The molecular weight excluding hydrogens is 351 g/mol. The standard InChI is InChI=1S/C19H13FN4O3/c20-16-9-5-4-8-15(16)19(26)27-12-17(25)23-18-13(10-21)11-22-24(18)14-6-2-1-3-7-14/h1-9,11H,12H2,(H,23,25). The smallest absolute Gasteiger partial charge is 0.341 e. The van der Waals surface area contributed by atoms with Crippen LogP contribution in [0.4, 0.5) is 10.2 Å². The number of nitriles is 1. The van der Waals surface area contributed by atoms with Crippen molar-refractivity contribution in [3.8, 4) is 11.8 Å². The molecule has 1 heterocycles. The van der Waals surface area contributed by atoms with E-state index in [-0.39, 0.29) is 16.9 Å². The molecule has 0 saturated carbocycles. The minimum atomic E-state index is -0.958. The van der Waals surface area contributed by atoms with Crippen LogP contribution >= 0.6 is 0 Å². The van der Waals surface area contributed by atoms with Gasteiger partial charge in [-0.05, 0) is 24.3 Å². The molecule has 1 amide bonds. The summed E-state index contributed by atoms with van der Waals surface area (Å²) in [5.74, 6) is -2.23. The van der Waals surface area contributed by atoms with Gasteiger partial charge in [-0.3, -0.25) is 4.79 Å². The molecule has 3 rings (SSSR count). The number of carbonyl (C=O) groups is 2. The van der Waals surface area contributed by atoms with E-state index in [4.69, 9.17) is 4.74 Å². The number of nitrogens with one attached hydrogen (secondary N) is 1. The van der Waals surface area contributed by atoms with Crippen LogP contribution in [-0.4, -0.2) is 28.3 Å². The first-order chi connectivity index (χ1) is 13.1. The minimum Gasteiger partial charge on any atom is -0.452 e. The lowest BCUT2D eigenvalue weighted by atomic mass is 10.2. The second-order valence-electron chi connectivity index (χ2n) is 5.37. The number of amides is 1. The molecule has 2 aromatic carbocycles. The maximum Gasteiger partial charge on any atom is 0.341 e. The van der Waals surface area contributed by atoms with E-state index < -0.39 is 24.3 Å². The molecule has 1 aromatic heterocycles. The highest BCUT2D eigenvalue weighted by Crippen LogP contribution is 2.19. The van der Waals surface area contributed by atoms with E-state index in [1.54, 1.807) is 24.3 Å². The Labute approximate surface area is 153 Å². The quantitative estimate of drug-likeness (QED) is 0.702. The lowest BCUT2D eigenvalue weighted by Gasteiger charge is -2.10. The molecule has 0 aliphatic rings. The summed E-state index contributed by atoms with van der Waals surface area (Å²) in [6, 6.07) is 16.1. The first-order valence-electron chi connectivity index (χ1n) is 7.85. The molecule has 0 atom stereocenters. The van der Waals surface area contributed by atoms with Crippen molar-refractivity contribution in [3.05, 3.63) is 77.7 Å². The number of carbonyl (C=O) groups excluding carboxylic acids is 2. The Kier molecular flexibility index (Phi) is 5.23. The van der Waals surface area contributed by atoms with Crippen LogP contribution < -0.4 is 5.32 Å². The van der Waals surface area contributed by atoms with Crippen molar-refractivity contribution in [1.29, 1.82) is 5.26 Å². The Morgan fingerprint density at radius 3 is 2.56 bits per heavy atom. The number of halogens is 1. The predicted octanol–water partition coefficient (Wildman–Crippen LogP) is 2.68. The molecule has 0 bridgehead atoms. The third-order valence-corrected chi connectivity index (χ3v) is 3.58. The normalized spacial score (nSPS) is 10.1. The second kappa shape index (κ2) is 7.93. The molecular formula is C19H13FN4O3. The monoisotopic (exact) mass is 364 g/mol. The van der Waals surface area contributed by atoms with E-state index in [0.29, 0.717) is 5.69 Å². The van der Waals surface area contributed by atoms with Crippen LogP contribution in [0.1, 0.15) is 15.9 Å². The van der Waals surface area contributed by atoms with Crippen molar-refractivity contribution in [2.45, 2.75) is 0 Å².